The molecule has 0 spiro atoms. The highest BCUT2D eigenvalue weighted by Gasteiger charge is 2.21. The normalized spacial score (nSPS) is 14.2. The van der Waals surface area contributed by atoms with Crippen LogP contribution in [0.1, 0.15) is 48.5 Å². The molecule has 2 unspecified atom stereocenters. The number of hydrogen-bond donors (Lipinski definition) is 2. The summed E-state index contributed by atoms with van der Waals surface area (Å²) in [4.78, 5) is 0. The zero-order valence-electron chi connectivity index (χ0n) is 12.5. The summed E-state index contributed by atoms with van der Waals surface area (Å²) in [6.45, 7) is 4.57. The first-order chi connectivity index (χ1) is 10.0. The molecule has 2 aromatic carbocycles. The summed E-state index contributed by atoms with van der Waals surface area (Å²) in [5.41, 5.74) is 8.72. The SMILES string of the molecule is CC(C)c1ccc(C(O)C(CN)c2ccc(F)cc2)cc1. The molecule has 0 aliphatic heterocycles. The average Bonchev–Trinajstić information content (AvgIpc) is 2.50. The van der Waals surface area contributed by atoms with Crippen molar-refractivity contribution in [3.63, 3.8) is 0 Å². The van der Waals surface area contributed by atoms with Gasteiger partial charge in [0.15, 0.2) is 0 Å². The highest BCUT2D eigenvalue weighted by atomic mass is 19.1. The van der Waals surface area contributed by atoms with Gasteiger partial charge in [0.05, 0.1) is 6.10 Å². The van der Waals surface area contributed by atoms with Crippen molar-refractivity contribution >= 4 is 0 Å². The number of halogens is 1. The first kappa shape index (κ1) is 15.7. The average molecular weight is 287 g/mol. The molecule has 3 heteroatoms. The second-order valence-corrected chi connectivity index (χ2v) is 5.66. The third-order valence-corrected chi connectivity index (χ3v) is 3.88. The van der Waals surface area contributed by atoms with Gasteiger partial charge in [0.2, 0.25) is 0 Å². The van der Waals surface area contributed by atoms with E-state index < -0.39 is 6.10 Å². The van der Waals surface area contributed by atoms with Gasteiger partial charge in [0.25, 0.3) is 0 Å². The van der Waals surface area contributed by atoms with E-state index in [0.29, 0.717) is 12.5 Å². The largest absolute Gasteiger partial charge is 0.388 e. The Labute approximate surface area is 125 Å². The lowest BCUT2D eigenvalue weighted by Crippen LogP contribution is -2.20. The molecule has 0 radical (unpaired) electrons. The highest BCUT2D eigenvalue weighted by molar-refractivity contribution is 5.30. The molecule has 0 aromatic heterocycles. The van der Waals surface area contributed by atoms with E-state index in [9.17, 15) is 9.50 Å². The Kier molecular flexibility index (Phi) is 5.10. The van der Waals surface area contributed by atoms with Crippen LogP contribution in [0.3, 0.4) is 0 Å². The molecule has 0 heterocycles. The lowest BCUT2D eigenvalue weighted by atomic mass is 9.88. The van der Waals surface area contributed by atoms with Gasteiger partial charge in [-0.1, -0.05) is 50.2 Å². The van der Waals surface area contributed by atoms with E-state index in [1.165, 1.54) is 17.7 Å². The van der Waals surface area contributed by atoms with Crippen molar-refractivity contribution in [3.05, 3.63) is 71.0 Å². The molecule has 2 nitrogen and oxygen atoms in total. The van der Waals surface area contributed by atoms with Crippen LogP contribution in [-0.2, 0) is 0 Å². The summed E-state index contributed by atoms with van der Waals surface area (Å²) >= 11 is 0. The molecule has 0 bridgehead atoms. The van der Waals surface area contributed by atoms with Crippen molar-refractivity contribution in [2.24, 2.45) is 5.73 Å². The number of nitrogens with two attached hydrogens (primary N) is 1. The fourth-order valence-corrected chi connectivity index (χ4v) is 2.47. The monoisotopic (exact) mass is 287 g/mol. The lowest BCUT2D eigenvalue weighted by Gasteiger charge is -2.22. The molecule has 0 saturated carbocycles. The van der Waals surface area contributed by atoms with Crippen molar-refractivity contribution in [1.29, 1.82) is 0 Å². The third-order valence-electron chi connectivity index (χ3n) is 3.88. The molecule has 2 aromatic rings. The molecule has 112 valence electrons. The summed E-state index contributed by atoms with van der Waals surface area (Å²) in [7, 11) is 0. The quantitative estimate of drug-likeness (QED) is 0.880. The van der Waals surface area contributed by atoms with E-state index in [0.717, 1.165) is 11.1 Å². The van der Waals surface area contributed by atoms with Crippen LogP contribution in [-0.4, -0.2) is 11.7 Å². The number of aliphatic hydroxyl groups is 1. The highest BCUT2D eigenvalue weighted by Crippen LogP contribution is 2.31. The van der Waals surface area contributed by atoms with Crippen LogP contribution in [0, 0.1) is 5.82 Å². The minimum atomic E-state index is -0.693. The van der Waals surface area contributed by atoms with E-state index in [2.05, 4.69) is 13.8 Å². The Bertz CT molecular complexity index is 563. The van der Waals surface area contributed by atoms with Gasteiger partial charge in [0, 0.05) is 12.5 Å². The van der Waals surface area contributed by atoms with Crippen LogP contribution < -0.4 is 5.73 Å². The number of benzene rings is 2. The Hall–Kier alpha value is -1.71. The van der Waals surface area contributed by atoms with Crippen molar-refractivity contribution in [2.45, 2.75) is 31.8 Å². The van der Waals surface area contributed by atoms with E-state index in [1.54, 1.807) is 12.1 Å². The zero-order valence-corrected chi connectivity index (χ0v) is 12.5. The Morgan fingerprint density at radius 3 is 1.86 bits per heavy atom. The fraction of sp³-hybridized carbons (Fsp3) is 0.333. The molecular formula is C18H22FNO. The molecule has 21 heavy (non-hydrogen) atoms. The maximum atomic E-state index is 13.0. The van der Waals surface area contributed by atoms with Gasteiger partial charge in [0.1, 0.15) is 5.82 Å². The van der Waals surface area contributed by atoms with E-state index in [1.807, 2.05) is 24.3 Å². The van der Waals surface area contributed by atoms with Crippen molar-refractivity contribution in [3.8, 4) is 0 Å². The van der Waals surface area contributed by atoms with Crippen molar-refractivity contribution < 1.29 is 9.50 Å². The van der Waals surface area contributed by atoms with Crippen LogP contribution in [0.5, 0.6) is 0 Å². The topological polar surface area (TPSA) is 46.2 Å². The van der Waals surface area contributed by atoms with Gasteiger partial charge in [-0.15, -0.1) is 0 Å². The maximum absolute atomic E-state index is 13.0. The van der Waals surface area contributed by atoms with Gasteiger partial charge in [-0.2, -0.15) is 0 Å². The molecule has 0 aliphatic carbocycles. The Balaban J connectivity index is 2.23. The maximum Gasteiger partial charge on any atom is 0.123 e. The zero-order chi connectivity index (χ0) is 15.4. The minimum Gasteiger partial charge on any atom is -0.388 e. The molecule has 0 saturated heterocycles. The van der Waals surface area contributed by atoms with Crippen LogP contribution in [0.2, 0.25) is 0 Å². The fourth-order valence-electron chi connectivity index (χ4n) is 2.47. The first-order valence-electron chi connectivity index (χ1n) is 7.26. The van der Waals surface area contributed by atoms with Gasteiger partial charge in [-0.05, 0) is 34.7 Å². The summed E-state index contributed by atoms with van der Waals surface area (Å²) in [5.74, 6) is -0.0700. The molecular weight excluding hydrogens is 265 g/mol. The van der Waals surface area contributed by atoms with E-state index >= 15 is 0 Å². The van der Waals surface area contributed by atoms with Gasteiger partial charge in [-0.3, -0.25) is 0 Å². The molecule has 0 aliphatic rings. The Morgan fingerprint density at radius 1 is 0.905 bits per heavy atom. The number of rotatable bonds is 5. The van der Waals surface area contributed by atoms with Gasteiger partial charge >= 0.3 is 0 Å². The summed E-state index contributed by atoms with van der Waals surface area (Å²) in [6.07, 6.45) is -0.693. The molecule has 0 amide bonds. The molecule has 2 rings (SSSR count). The van der Waals surface area contributed by atoms with Gasteiger partial charge in [-0.25, -0.2) is 4.39 Å². The van der Waals surface area contributed by atoms with Crippen LogP contribution in [0.25, 0.3) is 0 Å². The van der Waals surface area contributed by atoms with E-state index in [4.69, 9.17) is 5.73 Å². The summed E-state index contributed by atoms with van der Waals surface area (Å²) in [6, 6.07) is 14.1. The first-order valence-corrected chi connectivity index (χ1v) is 7.26. The smallest absolute Gasteiger partial charge is 0.123 e. The minimum absolute atomic E-state index is 0.240. The van der Waals surface area contributed by atoms with Gasteiger partial charge < -0.3 is 10.8 Å². The number of aliphatic hydroxyl groups excluding tert-OH is 1. The van der Waals surface area contributed by atoms with Crippen LogP contribution in [0.4, 0.5) is 4.39 Å². The standard InChI is InChI=1S/C18H22FNO/c1-12(2)13-3-5-15(6-4-13)18(21)17(11-20)14-7-9-16(19)10-8-14/h3-10,12,17-18,21H,11,20H2,1-2H3. The Morgan fingerprint density at radius 2 is 1.38 bits per heavy atom. The summed E-state index contributed by atoms with van der Waals surface area (Å²) < 4.78 is 13.0. The lowest BCUT2D eigenvalue weighted by molar-refractivity contribution is 0.147. The van der Waals surface area contributed by atoms with Crippen LogP contribution >= 0.6 is 0 Å². The number of hydrogen-bond acceptors (Lipinski definition) is 2. The van der Waals surface area contributed by atoms with E-state index in [-0.39, 0.29) is 11.7 Å². The van der Waals surface area contributed by atoms with Crippen molar-refractivity contribution in [2.75, 3.05) is 6.54 Å². The summed E-state index contributed by atoms with van der Waals surface area (Å²) in [5, 5.41) is 10.6. The van der Waals surface area contributed by atoms with Crippen molar-refractivity contribution in [1.82, 2.24) is 0 Å². The molecule has 3 N–H and O–H groups in total. The second-order valence-electron chi connectivity index (χ2n) is 5.66. The third kappa shape index (κ3) is 3.69. The molecule has 0 fully saturated rings. The molecule has 2 atom stereocenters. The predicted molar refractivity (Wildman–Crippen MR) is 83.7 cm³/mol. The van der Waals surface area contributed by atoms with Crippen LogP contribution in [0.15, 0.2) is 48.5 Å². The predicted octanol–water partition coefficient (Wildman–Crippen LogP) is 3.73. The second kappa shape index (κ2) is 6.83.